The Labute approximate surface area is 173 Å². The van der Waals surface area contributed by atoms with E-state index in [1.807, 2.05) is 30.6 Å². The van der Waals surface area contributed by atoms with Crippen LogP contribution >= 0.6 is 0 Å². The van der Waals surface area contributed by atoms with Gasteiger partial charge in [0.25, 0.3) is 0 Å². The molecule has 3 aliphatic rings. The number of fused-ring (bicyclic) bond motifs is 1. The van der Waals surface area contributed by atoms with Gasteiger partial charge in [-0.2, -0.15) is 0 Å². The lowest BCUT2D eigenvalue weighted by Crippen LogP contribution is -2.40. The molecule has 0 radical (unpaired) electrons. The minimum Gasteiger partial charge on any atom is -0.370 e. The average molecular weight is 394 g/mol. The summed E-state index contributed by atoms with van der Waals surface area (Å²) in [5.41, 5.74) is 2.50. The second-order valence-corrected chi connectivity index (χ2v) is 9.22. The molecule has 1 aromatic heterocycles. The predicted octanol–water partition coefficient (Wildman–Crippen LogP) is 2.63. The van der Waals surface area contributed by atoms with E-state index in [4.69, 9.17) is 4.74 Å². The molecule has 0 unspecified atom stereocenters. The summed E-state index contributed by atoms with van der Waals surface area (Å²) in [5.74, 6) is 2.02. The molecular formula is C23H31N5O. The SMILES string of the molecule is CN(C)C[C@H]1[C@@H]2CC[C@@]3(CN(Cc4cnc(NCc5ccccc5)nc4)C[C@@H]13)O2. The van der Waals surface area contributed by atoms with Gasteiger partial charge in [-0.1, -0.05) is 30.3 Å². The molecule has 29 heavy (non-hydrogen) atoms. The molecule has 3 saturated heterocycles. The fraction of sp³-hybridized carbons (Fsp3) is 0.565. The Bertz CT molecular complexity index is 827. The summed E-state index contributed by atoms with van der Waals surface area (Å²) >= 11 is 0. The van der Waals surface area contributed by atoms with E-state index in [9.17, 15) is 0 Å². The third-order valence-corrected chi connectivity index (χ3v) is 6.84. The van der Waals surface area contributed by atoms with Gasteiger partial charge in [0, 0.05) is 62.5 Å². The normalized spacial score (nSPS) is 30.8. The van der Waals surface area contributed by atoms with E-state index in [0.717, 1.165) is 32.7 Å². The molecule has 4 heterocycles. The van der Waals surface area contributed by atoms with E-state index in [-0.39, 0.29) is 5.60 Å². The van der Waals surface area contributed by atoms with Gasteiger partial charge in [-0.05, 0) is 32.5 Å². The number of anilines is 1. The van der Waals surface area contributed by atoms with Gasteiger partial charge in [-0.15, -0.1) is 0 Å². The van der Waals surface area contributed by atoms with E-state index < -0.39 is 0 Å². The lowest BCUT2D eigenvalue weighted by atomic mass is 9.73. The molecule has 4 atom stereocenters. The van der Waals surface area contributed by atoms with Crippen LogP contribution in [0.1, 0.15) is 24.0 Å². The monoisotopic (exact) mass is 393 g/mol. The highest BCUT2D eigenvalue weighted by atomic mass is 16.5. The van der Waals surface area contributed by atoms with Crippen LogP contribution in [0.15, 0.2) is 42.7 Å². The molecule has 2 bridgehead atoms. The smallest absolute Gasteiger partial charge is 0.222 e. The molecule has 3 fully saturated rings. The van der Waals surface area contributed by atoms with Crippen LogP contribution in [-0.4, -0.2) is 65.2 Å². The van der Waals surface area contributed by atoms with Gasteiger partial charge in [0.1, 0.15) is 0 Å². The van der Waals surface area contributed by atoms with Gasteiger partial charge >= 0.3 is 0 Å². The van der Waals surface area contributed by atoms with Gasteiger partial charge in [-0.25, -0.2) is 9.97 Å². The molecular weight excluding hydrogens is 362 g/mol. The number of ether oxygens (including phenoxy) is 1. The Morgan fingerprint density at radius 2 is 1.97 bits per heavy atom. The molecule has 6 nitrogen and oxygen atoms in total. The molecule has 2 aromatic rings. The number of nitrogens with one attached hydrogen (secondary N) is 1. The Morgan fingerprint density at radius 1 is 1.17 bits per heavy atom. The maximum Gasteiger partial charge on any atom is 0.222 e. The lowest BCUT2D eigenvalue weighted by Gasteiger charge is -2.31. The van der Waals surface area contributed by atoms with Crippen molar-refractivity contribution in [2.75, 3.05) is 39.0 Å². The molecule has 3 aliphatic heterocycles. The first-order valence-corrected chi connectivity index (χ1v) is 10.7. The Balaban J connectivity index is 1.18. The maximum atomic E-state index is 6.55. The summed E-state index contributed by atoms with van der Waals surface area (Å²) in [7, 11) is 4.35. The van der Waals surface area contributed by atoms with Crippen LogP contribution in [0, 0.1) is 11.8 Å². The molecule has 0 amide bonds. The number of aromatic nitrogens is 2. The Kier molecular flexibility index (Phi) is 5.02. The van der Waals surface area contributed by atoms with Crippen molar-refractivity contribution in [1.82, 2.24) is 19.8 Å². The van der Waals surface area contributed by atoms with Crippen molar-refractivity contribution in [3.8, 4) is 0 Å². The molecule has 5 rings (SSSR count). The number of hydrogen-bond donors (Lipinski definition) is 1. The van der Waals surface area contributed by atoms with Crippen LogP contribution in [0.2, 0.25) is 0 Å². The quantitative estimate of drug-likeness (QED) is 0.781. The van der Waals surface area contributed by atoms with Gasteiger partial charge in [0.05, 0.1) is 11.7 Å². The highest BCUT2D eigenvalue weighted by molar-refractivity contribution is 5.28. The molecule has 1 N–H and O–H groups in total. The summed E-state index contributed by atoms with van der Waals surface area (Å²) in [4.78, 5) is 13.9. The van der Waals surface area contributed by atoms with Crippen molar-refractivity contribution < 1.29 is 4.74 Å². The second-order valence-electron chi connectivity index (χ2n) is 9.22. The number of rotatable bonds is 7. The highest BCUT2D eigenvalue weighted by Gasteiger charge is 2.62. The molecule has 0 saturated carbocycles. The van der Waals surface area contributed by atoms with Crippen LogP contribution in [0.4, 0.5) is 5.95 Å². The summed E-state index contributed by atoms with van der Waals surface area (Å²) in [5, 5.41) is 3.30. The first-order valence-electron chi connectivity index (χ1n) is 10.7. The summed E-state index contributed by atoms with van der Waals surface area (Å²) < 4.78 is 6.55. The standard InChI is InChI=1S/C23H31N5O/c1-27(2)14-19-20-15-28(16-23(20)9-8-21(19)29-23)13-18-11-25-22(26-12-18)24-10-17-6-4-3-5-7-17/h3-7,11-12,19-21H,8-10,13-16H2,1-2H3,(H,24,25,26)/t19-,20+,21+,23+/m1/s1. The first kappa shape index (κ1) is 19.0. The molecule has 154 valence electrons. The minimum absolute atomic E-state index is 0.101. The van der Waals surface area contributed by atoms with Gasteiger partial charge in [0.15, 0.2) is 0 Å². The van der Waals surface area contributed by atoms with Crippen molar-refractivity contribution in [3.63, 3.8) is 0 Å². The zero-order valence-corrected chi connectivity index (χ0v) is 17.4. The van der Waals surface area contributed by atoms with Crippen LogP contribution in [0.5, 0.6) is 0 Å². The van der Waals surface area contributed by atoms with Crippen molar-refractivity contribution in [3.05, 3.63) is 53.9 Å². The topological polar surface area (TPSA) is 53.5 Å². The Morgan fingerprint density at radius 3 is 2.72 bits per heavy atom. The molecule has 0 aliphatic carbocycles. The maximum absolute atomic E-state index is 6.55. The summed E-state index contributed by atoms with van der Waals surface area (Å²) in [6, 6.07) is 10.3. The number of benzene rings is 1. The molecule has 6 heteroatoms. The lowest BCUT2D eigenvalue weighted by molar-refractivity contribution is 0.00143. The fourth-order valence-corrected chi connectivity index (χ4v) is 5.64. The van der Waals surface area contributed by atoms with Gasteiger partial charge in [0.2, 0.25) is 5.95 Å². The second kappa shape index (κ2) is 7.67. The zero-order valence-electron chi connectivity index (χ0n) is 17.4. The summed E-state index contributed by atoms with van der Waals surface area (Å²) in [6.07, 6.45) is 6.85. The van der Waals surface area contributed by atoms with Crippen molar-refractivity contribution in [2.24, 2.45) is 11.8 Å². The van der Waals surface area contributed by atoms with Crippen molar-refractivity contribution in [1.29, 1.82) is 0 Å². The van der Waals surface area contributed by atoms with Crippen LogP contribution in [0.3, 0.4) is 0 Å². The van der Waals surface area contributed by atoms with E-state index in [0.29, 0.717) is 23.9 Å². The first-order chi connectivity index (χ1) is 14.1. The van der Waals surface area contributed by atoms with Gasteiger partial charge in [-0.3, -0.25) is 4.90 Å². The van der Waals surface area contributed by atoms with Crippen LogP contribution in [0.25, 0.3) is 0 Å². The third-order valence-electron chi connectivity index (χ3n) is 6.84. The number of hydrogen-bond acceptors (Lipinski definition) is 6. The van der Waals surface area contributed by atoms with Crippen LogP contribution in [-0.2, 0) is 17.8 Å². The average Bonchev–Trinajstić information content (AvgIpc) is 3.37. The van der Waals surface area contributed by atoms with E-state index in [1.165, 1.54) is 24.0 Å². The molecule has 1 aromatic carbocycles. The predicted molar refractivity (Wildman–Crippen MR) is 113 cm³/mol. The number of nitrogens with zero attached hydrogens (tertiary/aromatic N) is 4. The third kappa shape index (κ3) is 3.77. The molecule has 1 spiro atoms. The summed E-state index contributed by atoms with van der Waals surface area (Å²) in [6.45, 7) is 4.95. The fourth-order valence-electron chi connectivity index (χ4n) is 5.64. The van der Waals surface area contributed by atoms with E-state index in [2.05, 4.69) is 51.3 Å². The van der Waals surface area contributed by atoms with Crippen molar-refractivity contribution >= 4 is 5.95 Å². The van der Waals surface area contributed by atoms with Crippen molar-refractivity contribution in [2.45, 2.75) is 37.6 Å². The van der Waals surface area contributed by atoms with E-state index >= 15 is 0 Å². The van der Waals surface area contributed by atoms with Crippen LogP contribution < -0.4 is 5.32 Å². The highest BCUT2D eigenvalue weighted by Crippen LogP contribution is 2.55. The number of likely N-dealkylation sites (tertiary alicyclic amines) is 1. The van der Waals surface area contributed by atoms with Gasteiger partial charge < -0.3 is 15.0 Å². The van der Waals surface area contributed by atoms with E-state index in [1.54, 1.807) is 0 Å². The zero-order chi connectivity index (χ0) is 19.8. The Hall–Kier alpha value is -2.02. The largest absolute Gasteiger partial charge is 0.370 e. The minimum atomic E-state index is 0.101.